The van der Waals surface area contributed by atoms with Crippen molar-refractivity contribution < 1.29 is 9.13 Å². The zero-order valence-corrected chi connectivity index (χ0v) is 10.2. The van der Waals surface area contributed by atoms with Crippen LogP contribution in [0.1, 0.15) is 18.5 Å². The first-order chi connectivity index (χ1) is 8.70. The molecule has 4 nitrogen and oxygen atoms in total. The molecule has 1 unspecified atom stereocenters. The zero-order valence-electron chi connectivity index (χ0n) is 10.2. The minimum absolute atomic E-state index is 0.179. The minimum atomic E-state index is -0.300. The van der Waals surface area contributed by atoms with Crippen molar-refractivity contribution in [1.29, 1.82) is 0 Å². The van der Waals surface area contributed by atoms with Crippen molar-refractivity contribution in [2.24, 2.45) is 0 Å². The highest BCUT2D eigenvalue weighted by Crippen LogP contribution is 2.24. The monoisotopic (exact) mass is 247 g/mol. The van der Waals surface area contributed by atoms with Crippen LogP contribution in [0, 0.1) is 5.82 Å². The molecule has 2 rings (SSSR count). The van der Waals surface area contributed by atoms with Crippen molar-refractivity contribution in [3.8, 4) is 5.75 Å². The summed E-state index contributed by atoms with van der Waals surface area (Å²) in [5.41, 5.74) is 1.32. The van der Waals surface area contributed by atoms with Crippen molar-refractivity contribution in [2.45, 2.75) is 13.0 Å². The molecular weight excluding hydrogens is 233 g/mol. The first-order valence-corrected chi connectivity index (χ1v) is 5.55. The van der Waals surface area contributed by atoms with Gasteiger partial charge in [0.1, 0.15) is 17.9 Å². The van der Waals surface area contributed by atoms with Crippen LogP contribution in [-0.4, -0.2) is 17.1 Å². The van der Waals surface area contributed by atoms with Gasteiger partial charge in [0, 0.05) is 11.6 Å². The standard InChI is InChI=1S/C13H14FN3O/c1-9(17-10-6-15-8-16-7-10)12-4-3-11(18-2)5-13(12)14/h3-9,17H,1-2H3. The van der Waals surface area contributed by atoms with Gasteiger partial charge in [0.25, 0.3) is 0 Å². The van der Waals surface area contributed by atoms with Crippen molar-refractivity contribution in [3.05, 3.63) is 48.3 Å². The number of hydrogen-bond donors (Lipinski definition) is 1. The average molecular weight is 247 g/mol. The molecule has 18 heavy (non-hydrogen) atoms. The van der Waals surface area contributed by atoms with E-state index in [1.165, 1.54) is 19.5 Å². The van der Waals surface area contributed by atoms with Crippen LogP contribution in [0.25, 0.3) is 0 Å². The van der Waals surface area contributed by atoms with E-state index in [2.05, 4.69) is 15.3 Å². The molecule has 1 heterocycles. The molecule has 0 fully saturated rings. The van der Waals surface area contributed by atoms with Crippen molar-refractivity contribution in [2.75, 3.05) is 12.4 Å². The van der Waals surface area contributed by atoms with Gasteiger partial charge in [-0.2, -0.15) is 0 Å². The van der Waals surface area contributed by atoms with Gasteiger partial charge in [0.15, 0.2) is 0 Å². The molecule has 0 aliphatic heterocycles. The second-order valence-corrected chi connectivity index (χ2v) is 3.88. The van der Waals surface area contributed by atoms with E-state index >= 15 is 0 Å². The van der Waals surface area contributed by atoms with Crippen LogP contribution in [0.2, 0.25) is 0 Å². The van der Waals surface area contributed by atoms with E-state index in [1.807, 2.05) is 6.92 Å². The lowest BCUT2D eigenvalue weighted by atomic mass is 10.1. The third kappa shape index (κ3) is 2.74. The number of nitrogens with one attached hydrogen (secondary N) is 1. The molecule has 0 aliphatic carbocycles. The summed E-state index contributed by atoms with van der Waals surface area (Å²) in [6, 6.07) is 4.63. The van der Waals surface area contributed by atoms with E-state index in [0.717, 1.165) is 5.69 Å². The number of methoxy groups -OCH3 is 1. The number of aromatic nitrogens is 2. The Morgan fingerprint density at radius 1 is 1.28 bits per heavy atom. The SMILES string of the molecule is COc1ccc(C(C)Nc2cncnc2)c(F)c1. The fraction of sp³-hybridized carbons (Fsp3) is 0.231. The van der Waals surface area contributed by atoms with Crippen LogP contribution in [0.15, 0.2) is 36.9 Å². The fourth-order valence-corrected chi connectivity index (χ4v) is 1.69. The van der Waals surface area contributed by atoms with Gasteiger partial charge in [-0.25, -0.2) is 14.4 Å². The molecule has 5 heteroatoms. The van der Waals surface area contributed by atoms with E-state index in [0.29, 0.717) is 11.3 Å². The average Bonchev–Trinajstić information content (AvgIpc) is 2.39. The Morgan fingerprint density at radius 3 is 2.61 bits per heavy atom. The van der Waals surface area contributed by atoms with Gasteiger partial charge in [-0.15, -0.1) is 0 Å². The number of hydrogen-bond acceptors (Lipinski definition) is 4. The molecule has 2 aromatic rings. The Hall–Kier alpha value is -2.17. The maximum atomic E-state index is 13.8. The van der Waals surface area contributed by atoms with Crippen LogP contribution in [0.3, 0.4) is 0 Å². The molecule has 0 radical (unpaired) electrons. The number of halogens is 1. The lowest BCUT2D eigenvalue weighted by molar-refractivity contribution is 0.410. The number of ether oxygens (including phenoxy) is 1. The van der Waals surface area contributed by atoms with Crippen LogP contribution in [-0.2, 0) is 0 Å². The van der Waals surface area contributed by atoms with Gasteiger partial charge in [-0.1, -0.05) is 6.07 Å². The Balaban J connectivity index is 2.16. The molecule has 0 saturated heterocycles. The molecule has 0 aliphatic rings. The topological polar surface area (TPSA) is 47.0 Å². The first kappa shape index (κ1) is 12.3. The molecule has 0 saturated carbocycles. The summed E-state index contributed by atoms with van der Waals surface area (Å²) in [4.78, 5) is 7.79. The van der Waals surface area contributed by atoms with Crippen LogP contribution >= 0.6 is 0 Å². The predicted octanol–water partition coefficient (Wildman–Crippen LogP) is 2.80. The van der Waals surface area contributed by atoms with E-state index < -0.39 is 0 Å². The van der Waals surface area contributed by atoms with Crippen molar-refractivity contribution in [3.63, 3.8) is 0 Å². The number of nitrogens with zero attached hydrogens (tertiary/aromatic N) is 2. The Morgan fingerprint density at radius 2 is 2.00 bits per heavy atom. The fourth-order valence-electron chi connectivity index (χ4n) is 1.69. The second-order valence-electron chi connectivity index (χ2n) is 3.88. The van der Waals surface area contributed by atoms with Crippen LogP contribution < -0.4 is 10.1 Å². The van der Waals surface area contributed by atoms with Gasteiger partial charge in [-0.3, -0.25) is 0 Å². The highest BCUT2D eigenvalue weighted by Gasteiger charge is 2.11. The summed E-state index contributed by atoms with van der Waals surface area (Å²) in [6.45, 7) is 1.87. The van der Waals surface area contributed by atoms with Crippen LogP contribution in [0.5, 0.6) is 5.75 Å². The lowest BCUT2D eigenvalue weighted by Crippen LogP contribution is -2.09. The third-order valence-electron chi connectivity index (χ3n) is 2.62. The second kappa shape index (κ2) is 5.44. The summed E-state index contributed by atoms with van der Waals surface area (Å²) < 4.78 is 18.8. The van der Waals surface area contributed by atoms with Gasteiger partial charge in [-0.05, 0) is 13.0 Å². The van der Waals surface area contributed by atoms with E-state index in [9.17, 15) is 4.39 Å². The summed E-state index contributed by atoms with van der Waals surface area (Å²) in [5.74, 6) is 0.206. The quantitative estimate of drug-likeness (QED) is 0.902. The van der Waals surface area contributed by atoms with Crippen molar-refractivity contribution in [1.82, 2.24) is 9.97 Å². The molecule has 1 aromatic heterocycles. The summed E-state index contributed by atoms with van der Waals surface area (Å²) in [7, 11) is 1.51. The normalized spacial score (nSPS) is 11.9. The maximum Gasteiger partial charge on any atom is 0.132 e. The highest BCUT2D eigenvalue weighted by molar-refractivity contribution is 5.42. The van der Waals surface area contributed by atoms with E-state index in [-0.39, 0.29) is 11.9 Å². The van der Waals surface area contributed by atoms with E-state index in [1.54, 1.807) is 24.5 Å². The predicted molar refractivity (Wildman–Crippen MR) is 67.0 cm³/mol. The molecular formula is C13H14FN3O. The third-order valence-corrected chi connectivity index (χ3v) is 2.62. The highest BCUT2D eigenvalue weighted by atomic mass is 19.1. The Kier molecular flexibility index (Phi) is 3.72. The Labute approximate surface area is 105 Å². The Bertz CT molecular complexity index is 519. The zero-order chi connectivity index (χ0) is 13.0. The maximum absolute atomic E-state index is 13.8. The summed E-state index contributed by atoms with van der Waals surface area (Å²) in [5, 5.41) is 3.13. The molecule has 1 atom stereocenters. The molecule has 94 valence electrons. The molecule has 0 bridgehead atoms. The van der Waals surface area contributed by atoms with E-state index in [4.69, 9.17) is 4.74 Å². The van der Waals surface area contributed by atoms with Crippen LogP contribution in [0.4, 0.5) is 10.1 Å². The number of rotatable bonds is 4. The molecule has 0 amide bonds. The van der Waals surface area contributed by atoms with Gasteiger partial charge in [0.05, 0.1) is 31.2 Å². The first-order valence-electron chi connectivity index (χ1n) is 5.55. The van der Waals surface area contributed by atoms with Crippen molar-refractivity contribution >= 4 is 5.69 Å². The molecule has 1 N–H and O–H groups in total. The summed E-state index contributed by atoms with van der Waals surface area (Å²) >= 11 is 0. The van der Waals surface area contributed by atoms with Gasteiger partial charge in [0.2, 0.25) is 0 Å². The number of anilines is 1. The molecule has 0 spiro atoms. The number of benzene rings is 1. The summed E-state index contributed by atoms with van der Waals surface area (Å²) in [6.07, 6.45) is 4.74. The smallest absolute Gasteiger partial charge is 0.132 e. The lowest BCUT2D eigenvalue weighted by Gasteiger charge is -2.16. The van der Waals surface area contributed by atoms with Gasteiger partial charge >= 0.3 is 0 Å². The molecule has 1 aromatic carbocycles. The minimum Gasteiger partial charge on any atom is -0.497 e. The van der Waals surface area contributed by atoms with Gasteiger partial charge < -0.3 is 10.1 Å². The largest absolute Gasteiger partial charge is 0.497 e.